The highest BCUT2D eigenvalue weighted by Crippen LogP contribution is 2.49. The predicted molar refractivity (Wildman–Crippen MR) is 256 cm³/mol. The van der Waals surface area contributed by atoms with Crippen LogP contribution >= 0.6 is 0 Å². The van der Waals surface area contributed by atoms with Gasteiger partial charge in [-0.2, -0.15) is 0 Å². The first kappa shape index (κ1) is 34.3. The lowest BCUT2D eigenvalue weighted by atomic mass is 9.80. The van der Waals surface area contributed by atoms with Gasteiger partial charge < -0.3 is 0 Å². The molecule has 0 aromatic heterocycles. The molecular weight excluding hydrogens is 721 g/mol. The molecule has 11 aromatic rings. The third kappa shape index (κ3) is 5.53. The molecule has 0 heteroatoms. The fraction of sp³-hybridized carbons (Fsp3) is 0. The third-order valence-corrected chi connectivity index (χ3v) is 12.7. The van der Waals surface area contributed by atoms with Crippen LogP contribution in [0.15, 0.2) is 231 Å². The van der Waals surface area contributed by atoms with Crippen molar-refractivity contribution in [3.63, 3.8) is 0 Å². The van der Waals surface area contributed by atoms with Crippen LogP contribution in [-0.4, -0.2) is 0 Å². The molecule has 0 unspecified atom stereocenters. The van der Waals surface area contributed by atoms with Crippen LogP contribution in [0.5, 0.6) is 0 Å². The molecule has 12 rings (SSSR count). The van der Waals surface area contributed by atoms with Crippen molar-refractivity contribution in [1.82, 2.24) is 0 Å². The van der Waals surface area contributed by atoms with E-state index in [1.165, 1.54) is 121 Å². The molecule has 0 aliphatic heterocycles. The van der Waals surface area contributed by atoms with Crippen LogP contribution in [0.3, 0.4) is 0 Å². The van der Waals surface area contributed by atoms with Crippen molar-refractivity contribution in [3.05, 3.63) is 231 Å². The van der Waals surface area contributed by atoms with Crippen LogP contribution in [0.4, 0.5) is 0 Å². The van der Waals surface area contributed by atoms with E-state index >= 15 is 0 Å². The average Bonchev–Trinajstić information content (AvgIpc) is 3.32. The van der Waals surface area contributed by atoms with E-state index < -0.39 is 0 Å². The van der Waals surface area contributed by atoms with Gasteiger partial charge in [0.05, 0.1) is 0 Å². The highest BCUT2D eigenvalue weighted by Gasteiger charge is 2.22. The second-order valence-electron chi connectivity index (χ2n) is 16.0. The first-order chi connectivity index (χ1) is 29.8. The van der Waals surface area contributed by atoms with E-state index in [2.05, 4.69) is 231 Å². The van der Waals surface area contributed by atoms with Crippen LogP contribution in [0.25, 0.3) is 121 Å². The van der Waals surface area contributed by atoms with E-state index in [1.807, 2.05) is 0 Å². The summed E-state index contributed by atoms with van der Waals surface area (Å²) >= 11 is 0. The van der Waals surface area contributed by atoms with E-state index in [-0.39, 0.29) is 0 Å². The van der Waals surface area contributed by atoms with Gasteiger partial charge in [-0.3, -0.25) is 0 Å². The van der Waals surface area contributed by atoms with Gasteiger partial charge in [0.25, 0.3) is 0 Å². The smallest absolute Gasteiger partial charge is 0.00264 e. The van der Waals surface area contributed by atoms with E-state index in [9.17, 15) is 0 Å². The SMILES string of the molecule is c1ccc2c(c1)-c1ccccc1-c1ccc(-c3ccc(-c4c5ccccc5c(-c5ccc(-c6ccc7ccccc7c6)cc5)c5ccccc45)cc3)cc1-c1ccccc1-2. The zero-order chi connectivity index (χ0) is 39.6. The average molecular weight is 759 g/mol. The Kier molecular flexibility index (Phi) is 7.96. The minimum absolute atomic E-state index is 1.20. The molecule has 0 saturated heterocycles. The molecule has 0 heterocycles. The van der Waals surface area contributed by atoms with Crippen LogP contribution < -0.4 is 0 Å². The molecule has 0 fully saturated rings. The normalized spacial score (nSPS) is 11.7. The van der Waals surface area contributed by atoms with E-state index in [0.29, 0.717) is 0 Å². The summed E-state index contributed by atoms with van der Waals surface area (Å²) in [6.07, 6.45) is 0. The molecule has 1 aliphatic carbocycles. The summed E-state index contributed by atoms with van der Waals surface area (Å²) in [5.41, 5.74) is 20.0. The zero-order valence-electron chi connectivity index (χ0n) is 32.9. The van der Waals surface area contributed by atoms with Gasteiger partial charge in [0.2, 0.25) is 0 Å². The molecule has 0 nitrogen and oxygen atoms in total. The van der Waals surface area contributed by atoms with Crippen molar-refractivity contribution in [2.75, 3.05) is 0 Å². The number of hydrogen-bond acceptors (Lipinski definition) is 0. The zero-order valence-corrected chi connectivity index (χ0v) is 32.9. The van der Waals surface area contributed by atoms with E-state index in [1.54, 1.807) is 0 Å². The highest BCUT2D eigenvalue weighted by atomic mass is 14.3. The lowest BCUT2D eigenvalue weighted by Gasteiger charge is -2.23. The lowest BCUT2D eigenvalue weighted by molar-refractivity contribution is 1.51. The van der Waals surface area contributed by atoms with Crippen molar-refractivity contribution in [2.24, 2.45) is 0 Å². The van der Waals surface area contributed by atoms with Gasteiger partial charge in [-0.05, 0) is 133 Å². The van der Waals surface area contributed by atoms with Gasteiger partial charge in [0.15, 0.2) is 0 Å². The Hall–Kier alpha value is -7.80. The molecule has 278 valence electrons. The number of rotatable bonds is 4. The lowest BCUT2D eigenvalue weighted by Crippen LogP contribution is -1.97. The van der Waals surface area contributed by atoms with Crippen LogP contribution in [0.2, 0.25) is 0 Å². The molecule has 0 saturated carbocycles. The standard InChI is InChI=1S/C60H38/c1-2-14-44-37-45(34-29-39(44)13-1)40-25-30-42(31-26-40)59-54-21-9-11-23-56(54)60(57-24-12-10-22-55(57)59)43-32-27-41(28-33-43)46-35-36-53-51-19-6-5-17-49(51)47-15-3-4-16-48(47)50-18-7-8-20-52(50)58(53)38-46/h1-38H. The van der Waals surface area contributed by atoms with E-state index in [4.69, 9.17) is 0 Å². The number of benzene rings is 11. The summed E-state index contributed by atoms with van der Waals surface area (Å²) in [5.74, 6) is 0. The molecule has 0 spiro atoms. The maximum absolute atomic E-state index is 2.40. The minimum atomic E-state index is 1.20. The van der Waals surface area contributed by atoms with Gasteiger partial charge >= 0.3 is 0 Å². The molecule has 1 aliphatic rings. The highest BCUT2D eigenvalue weighted by molar-refractivity contribution is 6.21. The first-order valence-corrected chi connectivity index (χ1v) is 20.8. The molecule has 0 radical (unpaired) electrons. The van der Waals surface area contributed by atoms with Crippen LogP contribution in [0.1, 0.15) is 0 Å². The Balaban J connectivity index is 0.961. The molecule has 0 bridgehead atoms. The number of hydrogen-bond donors (Lipinski definition) is 0. The maximum Gasteiger partial charge on any atom is -0.00264 e. The second-order valence-corrected chi connectivity index (χ2v) is 16.0. The Morgan fingerprint density at radius 2 is 0.467 bits per heavy atom. The summed E-state index contributed by atoms with van der Waals surface area (Å²) in [7, 11) is 0. The monoisotopic (exact) mass is 758 g/mol. The molecule has 11 aromatic carbocycles. The Bertz CT molecular complexity index is 3390. The van der Waals surface area contributed by atoms with Gasteiger partial charge in [-0.25, -0.2) is 0 Å². The minimum Gasteiger partial charge on any atom is -0.0616 e. The van der Waals surface area contributed by atoms with Crippen molar-refractivity contribution in [2.45, 2.75) is 0 Å². The van der Waals surface area contributed by atoms with Gasteiger partial charge in [0, 0.05) is 0 Å². The fourth-order valence-corrected chi connectivity index (χ4v) is 9.82. The topological polar surface area (TPSA) is 0 Å². The summed E-state index contributed by atoms with van der Waals surface area (Å²) < 4.78 is 0. The summed E-state index contributed by atoms with van der Waals surface area (Å²) in [5, 5.41) is 7.56. The van der Waals surface area contributed by atoms with E-state index in [0.717, 1.165) is 0 Å². The van der Waals surface area contributed by atoms with Gasteiger partial charge in [-0.1, -0.05) is 218 Å². The predicted octanol–water partition coefficient (Wildman–Crippen LogP) is 16.8. The van der Waals surface area contributed by atoms with Crippen molar-refractivity contribution < 1.29 is 0 Å². The summed E-state index contributed by atoms with van der Waals surface area (Å²) in [6.45, 7) is 0. The van der Waals surface area contributed by atoms with Gasteiger partial charge in [-0.15, -0.1) is 0 Å². The Morgan fingerprint density at radius 3 is 0.917 bits per heavy atom. The quantitative estimate of drug-likeness (QED) is 0.157. The molecule has 0 amide bonds. The molecule has 60 heavy (non-hydrogen) atoms. The fourth-order valence-electron chi connectivity index (χ4n) is 9.82. The molecule has 0 N–H and O–H groups in total. The van der Waals surface area contributed by atoms with Gasteiger partial charge in [0.1, 0.15) is 0 Å². The number of fused-ring (bicyclic) bond motifs is 11. The molecule has 0 atom stereocenters. The largest absolute Gasteiger partial charge is 0.0616 e. The Morgan fingerprint density at radius 1 is 0.167 bits per heavy atom. The second kappa shape index (κ2) is 13.9. The van der Waals surface area contributed by atoms with Crippen molar-refractivity contribution in [1.29, 1.82) is 0 Å². The molecular formula is C60H38. The van der Waals surface area contributed by atoms with Crippen molar-refractivity contribution >= 4 is 32.3 Å². The van der Waals surface area contributed by atoms with Crippen molar-refractivity contribution in [3.8, 4) is 89.0 Å². The van der Waals surface area contributed by atoms with Crippen LogP contribution in [0, 0.1) is 0 Å². The maximum atomic E-state index is 2.40. The van der Waals surface area contributed by atoms with Crippen LogP contribution in [-0.2, 0) is 0 Å². The summed E-state index contributed by atoms with van der Waals surface area (Å²) in [6, 6.07) is 85.2. The first-order valence-electron chi connectivity index (χ1n) is 20.8. The third-order valence-electron chi connectivity index (χ3n) is 12.7. The summed E-state index contributed by atoms with van der Waals surface area (Å²) in [4.78, 5) is 0. The Labute approximate surface area is 350 Å².